The lowest BCUT2D eigenvalue weighted by atomic mass is 10.1. The first-order valence-electron chi connectivity index (χ1n) is 4.34. The molecule has 0 fully saturated rings. The van der Waals surface area contributed by atoms with E-state index in [4.69, 9.17) is 0 Å². The minimum atomic E-state index is 0.0234. The number of nitrogens with one attached hydrogen (secondary N) is 1. The van der Waals surface area contributed by atoms with Crippen molar-refractivity contribution in [2.24, 2.45) is 0 Å². The van der Waals surface area contributed by atoms with Crippen LogP contribution in [0.15, 0.2) is 5.38 Å². The number of fused-ring (bicyclic) bond motifs is 1. The number of carbonyl (C=O) groups is 1. The SMILES string of the molecule is CNC(=O)c1sc2scc(C)c2c1C. The largest absolute Gasteiger partial charge is 0.354 e. The Morgan fingerprint density at radius 2 is 2.14 bits per heavy atom. The third kappa shape index (κ3) is 1.26. The third-order valence-electron chi connectivity index (χ3n) is 2.28. The van der Waals surface area contributed by atoms with Crippen molar-refractivity contribution in [3.05, 3.63) is 21.4 Å². The highest BCUT2D eigenvalue weighted by Crippen LogP contribution is 2.37. The molecule has 0 spiro atoms. The summed E-state index contributed by atoms with van der Waals surface area (Å²) in [4.78, 5) is 12.4. The quantitative estimate of drug-likeness (QED) is 0.794. The molecule has 2 heterocycles. The molecule has 14 heavy (non-hydrogen) atoms. The molecule has 2 aromatic rings. The van der Waals surface area contributed by atoms with E-state index in [0.717, 1.165) is 10.4 Å². The zero-order chi connectivity index (χ0) is 10.3. The monoisotopic (exact) mass is 225 g/mol. The third-order valence-corrected chi connectivity index (χ3v) is 4.80. The Balaban J connectivity index is 2.69. The van der Waals surface area contributed by atoms with Crippen molar-refractivity contribution in [3.8, 4) is 0 Å². The molecular formula is C10H11NOS2. The van der Waals surface area contributed by atoms with Crippen molar-refractivity contribution in [3.63, 3.8) is 0 Å². The van der Waals surface area contributed by atoms with Crippen molar-refractivity contribution in [2.45, 2.75) is 13.8 Å². The van der Waals surface area contributed by atoms with Crippen LogP contribution in [0.1, 0.15) is 20.8 Å². The molecule has 2 rings (SSSR count). The van der Waals surface area contributed by atoms with Crippen LogP contribution in [0.4, 0.5) is 0 Å². The van der Waals surface area contributed by atoms with E-state index in [0.29, 0.717) is 0 Å². The number of carbonyl (C=O) groups excluding carboxylic acids is 1. The maximum absolute atomic E-state index is 11.5. The second-order valence-electron chi connectivity index (χ2n) is 3.22. The van der Waals surface area contributed by atoms with Gasteiger partial charge in [-0.2, -0.15) is 0 Å². The summed E-state index contributed by atoms with van der Waals surface area (Å²) in [5, 5.41) is 6.07. The first-order chi connectivity index (χ1) is 6.65. The summed E-state index contributed by atoms with van der Waals surface area (Å²) in [5.74, 6) is 0.0234. The topological polar surface area (TPSA) is 29.1 Å². The van der Waals surface area contributed by atoms with E-state index in [1.807, 2.05) is 6.92 Å². The molecule has 0 unspecified atom stereocenters. The van der Waals surface area contributed by atoms with Crippen LogP contribution in [-0.4, -0.2) is 13.0 Å². The van der Waals surface area contributed by atoms with Gasteiger partial charge in [-0.15, -0.1) is 22.7 Å². The molecule has 74 valence electrons. The number of hydrogen-bond donors (Lipinski definition) is 1. The summed E-state index contributed by atoms with van der Waals surface area (Å²) in [6, 6.07) is 0. The van der Waals surface area contributed by atoms with Crippen LogP contribution in [0, 0.1) is 13.8 Å². The molecule has 0 atom stereocenters. The smallest absolute Gasteiger partial charge is 0.261 e. The van der Waals surface area contributed by atoms with E-state index in [-0.39, 0.29) is 5.91 Å². The molecule has 0 saturated heterocycles. The standard InChI is InChI=1S/C10H11NOS2/c1-5-4-13-10-7(5)6(2)8(14-10)9(12)11-3/h4H,1-3H3,(H,11,12). The van der Waals surface area contributed by atoms with Gasteiger partial charge in [0, 0.05) is 12.4 Å². The van der Waals surface area contributed by atoms with E-state index in [2.05, 4.69) is 17.6 Å². The van der Waals surface area contributed by atoms with Crippen LogP contribution in [0.3, 0.4) is 0 Å². The Bertz CT molecular complexity index is 495. The average Bonchev–Trinajstić information content (AvgIpc) is 2.68. The minimum Gasteiger partial charge on any atom is -0.354 e. The van der Waals surface area contributed by atoms with Crippen molar-refractivity contribution in [1.82, 2.24) is 5.32 Å². The Morgan fingerprint density at radius 3 is 2.71 bits per heavy atom. The van der Waals surface area contributed by atoms with Crippen LogP contribution in [0.25, 0.3) is 9.40 Å². The van der Waals surface area contributed by atoms with Crippen molar-refractivity contribution >= 4 is 38.0 Å². The van der Waals surface area contributed by atoms with E-state index in [1.54, 1.807) is 29.7 Å². The second kappa shape index (κ2) is 3.37. The maximum atomic E-state index is 11.5. The minimum absolute atomic E-state index is 0.0234. The molecule has 0 aliphatic heterocycles. The number of hydrogen-bond acceptors (Lipinski definition) is 3. The molecule has 2 nitrogen and oxygen atoms in total. The molecule has 0 radical (unpaired) electrons. The predicted octanol–water partition coefficient (Wildman–Crippen LogP) is 2.94. The maximum Gasteiger partial charge on any atom is 0.261 e. The fourth-order valence-electron chi connectivity index (χ4n) is 1.56. The molecule has 0 aromatic carbocycles. The molecule has 2 aromatic heterocycles. The van der Waals surface area contributed by atoms with E-state index in [9.17, 15) is 4.79 Å². The molecule has 1 amide bonds. The molecule has 1 N–H and O–H groups in total. The highest BCUT2D eigenvalue weighted by atomic mass is 32.2. The highest BCUT2D eigenvalue weighted by molar-refractivity contribution is 7.38. The van der Waals surface area contributed by atoms with Gasteiger partial charge in [0.25, 0.3) is 5.91 Å². The van der Waals surface area contributed by atoms with Crippen molar-refractivity contribution < 1.29 is 4.79 Å². The van der Waals surface area contributed by atoms with E-state index >= 15 is 0 Å². The first-order valence-corrected chi connectivity index (χ1v) is 6.04. The zero-order valence-electron chi connectivity index (χ0n) is 8.30. The lowest BCUT2D eigenvalue weighted by Gasteiger charge is -1.96. The summed E-state index contributed by atoms with van der Waals surface area (Å²) in [6.45, 7) is 4.11. The van der Waals surface area contributed by atoms with Gasteiger partial charge in [0.05, 0.1) is 8.89 Å². The predicted molar refractivity (Wildman–Crippen MR) is 62.6 cm³/mol. The van der Waals surface area contributed by atoms with Crippen molar-refractivity contribution in [1.29, 1.82) is 0 Å². The normalized spacial score (nSPS) is 10.8. The zero-order valence-corrected chi connectivity index (χ0v) is 9.94. The van der Waals surface area contributed by atoms with Crippen molar-refractivity contribution in [2.75, 3.05) is 7.05 Å². The van der Waals surface area contributed by atoms with Crippen LogP contribution in [-0.2, 0) is 0 Å². The Hall–Kier alpha value is -0.870. The lowest BCUT2D eigenvalue weighted by Crippen LogP contribution is -2.17. The van der Waals surface area contributed by atoms with Gasteiger partial charge in [-0.3, -0.25) is 4.79 Å². The van der Waals surface area contributed by atoms with Gasteiger partial charge in [-0.25, -0.2) is 0 Å². The summed E-state index contributed by atoms with van der Waals surface area (Å²) in [5.41, 5.74) is 2.39. The van der Waals surface area contributed by atoms with Gasteiger partial charge in [0.15, 0.2) is 0 Å². The molecule has 0 bridgehead atoms. The van der Waals surface area contributed by atoms with Gasteiger partial charge in [0.2, 0.25) is 0 Å². The molecule has 0 aliphatic carbocycles. The Kier molecular flexibility index (Phi) is 2.33. The first kappa shape index (κ1) is 9.68. The van der Waals surface area contributed by atoms with Gasteiger partial charge < -0.3 is 5.32 Å². The van der Waals surface area contributed by atoms with Crippen LogP contribution >= 0.6 is 22.7 Å². The van der Waals surface area contributed by atoms with Gasteiger partial charge in [0.1, 0.15) is 0 Å². The average molecular weight is 225 g/mol. The molecule has 0 saturated carbocycles. The van der Waals surface area contributed by atoms with Crippen LogP contribution in [0.2, 0.25) is 0 Å². The van der Waals surface area contributed by atoms with Crippen LogP contribution in [0.5, 0.6) is 0 Å². The van der Waals surface area contributed by atoms with Gasteiger partial charge in [-0.05, 0) is 30.4 Å². The fourth-order valence-corrected chi connectivity index (χ4v) is 4.03. The number of aryl methyl sites for hydroxylation is 2. The van der Waals surface area contributed by atoms with Gasteiger partial charge >= 0.3 is 0 Å². The van der Waals surface area contributed by atoms with E-state index in [1.165, 1.54) is 15.0 Å². The number of rotatable bonds is 1. The fraction of sp³-hybridized carbons (Fsp3) is 0.300. The van der Waals surface area contributed by atoms with E-state index < -0.39 is 0 Å². The molecular weight excluding hydrogens is 214 g/mol. The lowest BCUT2D eigenvalue weighted by molar-refractivity contribution is 0.0966. The number of amides is 1. The summed E-state index contributed by atoms with van der Waals surface area (Å²) in [6.07, 6.45) is 0. The second-order valence-corrected chi connectivity index (χ2v) is 5.38. The summed E-state index contributed by atoms with van der Waals surface area (Å²) in [7, 11) is 1.67. The molecule has 0 aliphatic rings. The highest BCUT2D eigenvalue weighted by Gasteiger charge is 2.16. The van der Waals surface area contributed by atoms with Crippen LogP contribution < -0.4 is 5.32 Å². The molecule has 4 heteroatoms. The van der Waals surface area contributed by atoms with Gasteiger partial charge in [-0.1, -0.05) is 0 Å². The Labute approximate surface area is 90.6 Å². The summed E-state index contributed by atoms with van der Waals surface area (Å²) >= 11 is 3.30. The number of thiophene rings is 2. The summed E-state index contributed by atoms with van der Waals surface area (Å²) < 4.78 is 1.25. The Morgan fingerprint density at radius 1 is 1.43 bits per heavy atom.